The third kappa shape index (κ3) is 2.42. The highest BCUT2D eigenvalue weighted by atomic mass is 79.9. The number of aryl methyl sites for hydroxylation is 1. The van der Waals surface area contributed by atoms with Crippen LogP contribution in [0.15, 0.2) is 34.9 Å². The van der Waals surface area contributed by atoms with E-state index in [1.807, 2.05) is 37.5 Å². The second-order valence-corrected chi connectivity index (χ2v) is 4.54. The Balaban J connectivity index is 2.32. The van der Waals surface area contributed by atoms with Crippen LogP contribution in [0.3, 0.4) is 0 Å². The topological polar surface area (TPSA) is 42.7 Å². The van der Waals surface area contributed by atoms with Crippen LogP contribution in [0.1, 0.15) is 17.3 Å². The molecule has 0 aliphatic carbocycles. The molecule has 0 amide bonds. The molecule has 0 aliphatic heterocycles. The molecule has 1 aromatic heterocycles. The Morgan fingerprint density at radius 3 is 2.56 bits per heavy atom. The normalized spacial score (nSPS) is 12.7. The highest BCUT2D eigenvalue weighted by Gasteiger charge is 2.15. The van der Waals surface area contributed by atoms with Crippen molar-refractivity contribution in [2.45, 2.75) is 6.04 Å². The zero-order valence-electron chi connectivity index (χ0n) is 8.56. The van der Waals surface area contributed by atoms with E-state index in [4.69, 9.17) is 11.8 Å². The molecule has 1 atom stereocenters. The smallest absolute Gasteiger partial charge is 0.105 e. The van der Waals surface area contributed by atoms with Crippen molar-refractivity contribution in [2.75, 3.05) is 0 Å². The van der Waals surface area contributed by atoms with Crippen LogP contribution in [-0.2, 0) is 7.05 Å². The van der Waals surface area contributed by atoms with Crippen molar-refractivity contribution in [3.8, 4) is 0 Å². The van der Waals surface area contributed by atoms with Crippen molar-refractivity contribution >= 4 is 27.7 Å². The lowest BCUT2D eigenvalue weighted by Gasteiger charge is -2.11. The first-order chi connectivity index (χ1) is 7.70. The van der Waals surface area contributed by atoms with Gasteiger partial charge in [0.25, 0.3) is 0 Å². The second kappa shape index (κ2) is 4.95. The molecule has 0 aliphatic rings. The Morgan fingerprint density at radius 1 is 1.38 bits per heavy atom. The minimum absolute atomic E-state index is 0.150. The monoisotopic (exact) mass is 300 g/mol. The standard InChI is InChI=1S/C10H10BrClN4/c1-16-6-9(14-15-16)10(13-12)7-2-4-8(11)5-3-7/h2-6,10,13H,1H3/t10-/m0/s1. The number of aromatic nitrogens is 3. The lowest BCUT2D eigenvalue weighted by atomic mass is 10.1. The minimum Gasteiger partial charge on any atom is -0.255 e. The molecule has 84 valence electrons. The Kier molecular flexibility index (Phi) is 3.58. The van der Waals surface area contributed by atoms with E-state index in [2.05, 4.69) is 31.1 Å². The molecule has 0 saturated carbocycles. The van der Waals surface area contributed by atoms with Gasteiger partial charge in [0.1, 0.15) is 5.69 Å². The third-order valence-electron chi connectivity index (χ3n) is 2.23. The Morgan fingerprint density at radius 2 is 2.06 bits per heavy atom. The average molecular weight is 302 g/mol. The largest absolute Gasteiger partial charge is 0.255 e. The van der Waals surface area contributed by atoms with Crippen molar-refractivity contribution in [3.05, 3.63) is 46.2 Å². The Labute approximate surface area is 107 Å². The number of nitrogens with one attached hydrogen (secondary N) is 1. The molecule has 0 radical (unpaired) electrons. The SMILES string of the molecule is Cn1cc([C@@H](NCl)c2ccc(Br)cc2)nn1. The quantitative estimate of drug-likeness (QED) is 0.885. The first-order valence-electron chi connectivity index (χ1n) is 4.68. The van der Waals surface area contributed by atoms with Crippen molar-refractivity contribution in [1.82, 2.24) is 19.8 Å². The summed E-state index contributed by atoms with van der Waals surface area (Å²) < 4.78 is 2.68. The van der Waals surface area contributed by atoms with E-state index in [9.17, 15) is 0 Å². The maximum absolute atomic E-state index is 5.75. The summed E-state index contributed by atoms with van der Waals surface area (Å²) in [5, 5.41) is 7.93. The summed E-state index contributed by atoms with van der Waals surface area (Å²) in [5.74, 6) is 0. The van der Waals surface area contributed by atoms with Gasteiger partial charge >= 0.3 is 0 Å². The Bertz CT molecular complexity index is 468. The van der Waals surface area contributed by atoms with Gasteiger partial charge in [-0.05, 0) is 29.5 Å². The van der Waals surface area contributed by atoms with Gasteiger partial charge in [0.05, 0.1) is 12.2 Å². The maximum atomic E-state index is 5.75. The third-order valence-corrected chi connectivity index (χ3v) is 2.98. The molecular weight excluding hydrogens is 291 g/mol. The fraction of sp³-hybridized carbons (Fsp3) is 0.200. The highest BCUT2D eigenvalue weighted by Crippen LogP contribution is 2.22. The van der Waals surface area contributed by atoms with Gasteiger partial charge in [-0.15, -0.1) is 5.10 Å². The van der Waals surface area contributed by atoms with Crippen LogP contribution in [0, 0.1) is 0 Å². The van der Waals surface area contributed by atoms with Gasteiger partial charge in [0.2, 0.25) is 0 Å². The second-order valence-electron chi connectivity index (χ2n) is 3.41. The van der Waals surface area contributed by atoms with Gasteiger partial charge in [-0.3, -0.25) is 4.68 Å². The van der Waals surface area contributed by atoms with E-state index >= 15 is 0 Å². The van der Waals surface area contributed by atoms with Crippen LogP contribution in [0.5, 0.6) is 0 Å². The van der Waals surface area contributed by atoms with Gasteiger partial charge in [-0.1, -0.05) is 33.3 Å². The fourth-order valence-electron chi connectivity index (χ4n) is 1.44. The van der Waals surface area contributed by atoms with Crippen molar-refractivity contribution in [3.63, 3.8) is 0 Å². The number of nitrogens with zero attached hydrogens (tertiary/aromatic N) is 3. The summed E-state index contributed by atoms with van der Waals surface area (Å²) in [4.78, 5) is 2.71. The molecule has 0 fully saturated rings. The van der Waals surface area contributed by atoms with Crippen LogP contribution in [0.2, 0.25) is 0 Å². The van der Waals surface area contributed by atoms with Crippen LogP contribution < -0.4 is 4.84 Å². The van der Waals surface area contributed by atoms with E-state index in [1.54, 1.807) is 4.68 Å². The van der Waals surface area contributed by atoms with Gasteiger partial charge in [-0.25, -0.2) is 4.84 Å². The molecule has 1 aromatic carbocycles. The Hall–Kier alpha value is -0.910. The molecule has 16 heavy (non-hydrogen) atoms. The minimum atomic E-state index is -0.150. The zero-order chi connectivity index (χ0) is 11.5. The highest BCUT2D eigenvalue weighted by molar-refractivity contribution is 9.10. The number of hydrogen-bond donors (Lipinski definition) is 1. The molecular formula is C10H10BrClN4. The summed E-state index contributed by atoms with van der Waals surface area (Å²) in [5.41, 5.74) is 1.83. The van der Waals surface area contributed by atoms with Crippen LogP contribution in [0.4, 0.5) is 0 Å². The molecule has 0 spiro atoms. The maximum Gasteiger partial charge on any atom is 0.105 e. The molecule has 0 saturated heterocycles. The first-order valence-corrected chi connectivity index (χ1v) is 5.85. The van der Waals surface area contributed by atoms with Gasteiger partial charge in [0, 0.05) is 11.5 Å². The lowest BCUT2D eigenvalue weighted by molar-refractivity contribution is 0.706. The molecule has 4 nitrogen and oxygen atoms in total. The number of halogens is 2. The van der Waals surface area contributed by atoms with E-state index in [0.717, 1.165) is 15.7 Å². The van der Waals surface area contributed by atoms with Crippen LogP contribution >= 0.6 is 27.7 Å². The number of hydrogen-bond acceptors (Lipinski definition) is 3. The van der Waals surface area contributed by atoms with E-state index in [0.29, 0.717) is 0 Å². The van der Waals surface area contributed by atoms with Crippen LogP contribution in [0.25, 0.3) is 0 Å². The van der Waals surface area contributed by atoms with Crippen molar-refractivity contribution in [2.24, 2.45) is 7.05 Å². The molecule has 1 N–H and O–H groups in total. The molecule has 2 rings (SSSR count). The van der Waals surface area contributed by atoms with Crippen molar-refractivity contribution in [1.29, 1.82) is 0 Å². The van der Waals surface area contributed by atoms with Gasteiger partial charge in [0.15, 0.2) is 0 Å². The average Bonchev–Trinajstić information content (AvgIpc) is 2.69. The molecule has 1 heterocycles. The zero-order valence-corrected chi connectivity index (χ0v) is 10.9. The molecule has 6 heteroatoms. The molecule has 0 bridgehead atoms. The summed E-state index contributed by atoms with van der Waals surface area (Å²) >= 11 is 9.14. The summed E-state index contributed by atoms with van der Waals surface area (Å²) in [7, 11) is 1.82. The summed E-state index contributed by atoms with van der Waals surface area (Å²) in [6.45, 7) is 0. The number of rotatable bonds is 3. The van der Waals surface area contributed by atoms with Crippen LogP contribution in [-0.4, -0.2) is 15.0 Å². The fourth-order valence-corrected chi connectivity index (χ4v) is 1.94. The first kappa shape index (κ1) is 11.6. The number of benzene rings is 1. The molecule has 0 unspecified atom stereocenters. The van der Waals surface area contributed by atoms with Crippen molar-refractivity contribution < 1.29 is 0 Å². The van der Waals surface area contributed by atoms with Gasteiger partial charge < -0.3 is 0 Å². The summed E-state index contributed by atoms with van der Waals surface area (Å²) in [6.07, 6.45) is 1.84. The molecule has 2 aromatic rings. The van der Waals surface area contributed by atoms with E-state index in [1.165, 1.54) is 0 Å². The van der Waals surface area contributed by atoms with E-state index in [-0.39, 0.29) is 6.04 Å². The predicted octanol–water partition coefficient (Wildman–Crippen LogP) is 2.41. The van der Waals surface area contributed by atoms with E-state index < -0.39 is 0 Å². The predicted molar refractivity (Wildman–Crippen MR) is 66.0 cm³/mol. The lowest BCUT2D eigenvalue weighted by Crippen LogP contribution is -2.13. The van der Waals surface area contributed by atoms with Gasteiger partial charge in [-0.2, -0.15) is 0 Å². The summed E-state index contributed by atoms with van der Waals surface area (Å²) in [6, 6.07) is 7.75.